The molecule has 4 nitrogen and oxygen atoms in total. The van der Waals surface area contributed by atoms with Crippen LogP contribution in [0.1, 0.15) is 10.5 Å². The van der Waals surface area contributed by atoms with Gasteiger partial charge in [-0.1, -0.05) is 34.8 Å². The topological polar surface area (TPSA) is 63.1 Å². The first-order valence-electron chi connectivity index (χ1n) is 4.70. The lowest BCUT2D eigenvalue weighted by atomic mass is 10.2. The number of carboxylic acids is 1. The molecule has 7 heteroatoms. The van der Waals surface area contributed by atoms with Gasteiger partial charge in [0.1, 0.15) is 0 Å². The molecule has 0 aliphatic heterocycles. The van der Waals surface area contributed by atoms with E-state index in [1.54, 1.807) is 18.2 Å². The van der Waals surface area contributed by atoms with Crippen LogP contribution in [0.2, 0.25) is 15.1 Å². The summed E-state index contributed by atoms with van der Waals surface area (Å²) in [6.07, 6.45) is 1.23. The molecule has 0 aliphatic rings. The minimum absolute atomic E-state index is 0.0219. The first-order valence-corrected chi connectivity index (χ1v) is 5.83. The van der Waals surface area contributed by atoms with Crippen LogP contribution in [0.5, 0.6) is 0 Å². The van der Waals surface area contributed by atoms with E-state index in [0.29, 0.717) is 15.6 Å². The van der Waals surface area contributed by atoms with E-state index in [-0.39, 0.29) is 16.5 Å². The maximum Gasteiger partial charge on any atom is 0.356 e. The molecular formula is C11H5Cl3N2O2. The Morgan fingerprint density at radius 1 is 1.11 bits per heavy atom. The zero-order valence-electron chi connectivity index (χ0n) is 8.69. The van der Waals surface area contributed by atoms with Gasteiger partial charge in [-0.15, -0.1) is 0 Å². The average Bonchev–Trinajstić information content (AvgIpc) is 2.33. The quantitative estimate of drug-likeness (QED) is 0.916. The van der Waals surface area contributed by atoms with Crippen LogP contribution >= 0.6 is 34.8 Å². The Morgan fingerprint density at radius 3 is 2.44 bits per heavy atom. The van der Waals surface area contributed by atoms with E-state index in [0.717, 1.165) is 0 Å². The highest BCUT2D eigenvalue weighted by Crippen LogP contribution is 2.27. The number of hydrogen-bond donors (Lipinski definition) is 1. The molecule has 1 heterocycles. The molecule has 0 spiro atoms. The van der Waals surface area contributed by atoms with Crippen molar-refractivity contribution in [1.82, 2.24) is 9.97 Å². The molecule has 92 valence electrons. The fraction of sp³-hybridized carbons (Fsp3) is 0. The monoisotopic (exact) mass is 302 g/mol. The zero-order valence-corrected chi connectivity index (χ0v) is 11.0. The molecular weight excluding hydrogens is 298 g/mol. The summed E-state index contributed by atoms with van der Waals surface area (Å²) in [6, 6.07) is 4.78. The molecule has 1 N–H and O–H groups in total. The zero-order chi connectivity index (χ0) is 13.3. The van der Waals surface area contributed by atoms with E-state index in [4.69, 9.17) is 39.9 Å². The fourth-order valence-electron chi connectivity index (χ4n) is 1.29. The Bertz CT molecular complexity index is 632. The number of hydrogen-bond acceptors (Lipinski definition) is 3. The second-order valence-corrected chi connectivity index (χ2v) is 4.55. The highest BCUT2D eigenvalue weighted by atomic mass is 35.5. The molecule has 2 rings (SSSR count). The van der Waals surface area contributed by atoms with Crippen molar-refractivity contribution in [1.29, 1.82) is 0 Å². The summed E-state index contributed by atoms with van der Waals surface area (Å²) in [5.41, 5.74) is 0.302. The number of nitrogens with zero attached hydrogens (tertiary/aromatic N) is 2. The Labute approximate surface area is 117 Å². The van der Waals surface area contributed by atoms with Gasteiger partial charge in [-0.25, -0.2) is 14.8 Å². The lowest BCUT2D eigenvalue weighted by molar-refractivity contribution is 0.0690. The summed E-state index contributed by atoms with van der Waals surface area (Å²) in [7, 11) is 0. The molecule has 0 aliphatic carbocycles. The lowest BCUT2D eigenvalue weighted by Crippen LogP contribution is -2.04. The smallest absolute Gasteiger partial charge is 0.356 e. The van der Waals surface area contributed by atoms with Gasteiger partial charge in [-0.05, 0) is 18.2 Å². The maximum absolute atomic E-state index is 10.9. The van der Waals surface area contributed by atoms with E-state index < -0.39 is 5.97 Å². The summed E-state index contributed by atoms with van der Waals surface area (Å²) in [4.78, 5) is 18.7. The molecule has 0 radical (unpaired) electrons. The SMILES string of the molecule is O=C(O)c1nc(-c2ccc(Cl)c(Cl)c2)ncc1Cl. The molecule has 0 unspecified atom stereocenters. The third kappa shape index (κ3) is 2.56. The van der Waals surface area contributed by atoms with Crippen LogP contribution in [0.25, 0.3) is 11.4 Å². The largest absolute Gasteiger partial charge is 0.476 e. The van der Waals surface area contributed by atoms with Gasteiger partial charge < -0.3 is 5.11 Å². The average molecular weight is 304 g/mol. The highest BCUT2D eigenvalue weighted by Gasteiger charge is 2.14. The number of benzene rings is 1. The van der Waals surface area contributed by atoms with Crippen molar-refractivity contribution < 1.29 is 9.90 Å². The predicted octanol–water partition coefficient (Wildman–Crippen LogP) is 3.80. The van der Waals surface area contributed by atoms with Crippen molar-refractivity contribution in [3.8, 4) is 11.4 Å². The van der Waals surface area contributed by atoms with Gasteiger partial charge >= 0.3 is 5.97 Å². The van der Waals surface area contributed by atoms with Crippen LogP contribution in [0.3, 0.4) is 0 Å². The van der Waals surface area contributed by atoms with Crippen molar-refractivity contribution >= 4 is 40.8 Å². The van der Waals surface area contributed by atoms with Crippen molar-refractivity contribution in [2.75, 3.05) is 0 Å². The van der Waals surface area contributed by atoms with Crippen LogP contribution in [0, 0.1) is 0 Å². The highest BCUT2D eigenvalue weighted by molar-refractivity contribution is 6.42. The molecule has 0 saturated carbocycles. The third-order valence-corrected chi connectivity index (χ3v) is 3.14. The van der Waals surface area contributed by atoms with E-state index >= 15 is 0 Å². The molecule has 0 bridgehead atoms. The Hall–Kier alpha value is -1.36. The van der Waals surface area contributed by atoms with Crippen molar-refractivity contribution in [3.63, 3.8) is 0 Å². The van der Waals surface area contributed by atoms with E-state index in [9.17, 15) is 4.79 Å². The van der Waals surface area contributed by atoms with Gasteiger partial charge in [0, 0.05) is 5.56 Å². The predicted molar refractivity (Wildman–Crippen MR) is 69.5 cm³/mol. The normalized spacial score (nSPS) is 10.4. The Balaban J connectivity index is 2.54. The number of rotatable bonds is 2. The van der Waals surface area contributed by atoms with Gasteiger partial charge in [-0.2, -0.15) is 0 Å². The van der Waals surface area contributed by atoms with Crippen molar-refractivity contribution in [3.05, 3.63) is 45.2 Å². The number of aromatic carboxylic acids is 1. The molecule has 1 aromatic heterocycles. The van der Waals surface area contributed by atoms with Crippen LogP contribution in [-0.4, -0.2) is 21.0 Å². The van der Waals surface area contributed by atoms with Crippen LogP contribution in [0.15, 0.2) is 24.4 Å². The number of carboxylic acid groups (broad SMARTS) is 1. The van der Waals surface area contributed by atoms with Crippen LogP contribution < -0.4 is 0 Å². The van der Waals surface area contributed by atoms with E-state index in [2.05, 4.69) is 9.97 Å². The van der Waals surface area contributed by atoms with Crippen molar-refractivity contribution in [2.24, 2.45) is 0 Å². The van der Waals surface area contributed by atoms with Gasteiger partial charge in [0.15, 0.2) is 11.5 Å². The minimum Gasteiger partial charge on any atom is -0.476 e. The van der Waals surface area contributed by atoms with Gasteiger partial charge in [0.05, 0.1) is 21.3 Å². The molecule has 1 aromatic carbocycles. The first kappa shape index (κ1) is 13.1. The summed E-state index contributed by atoms with van der Waals surface area (Å²) in [5, 5.41) is 9.63. The van der Waals surface area contributed by atoms with Crippen LogP contribution in [-0.2, 0) is 0 Å². The summed E-state index contributed by atoms with van der Waals surface area (Å²) in [6.45, 7) is 0. The summed E-state index contributed by atoms with van der Waals surface area (Å²) in [5.74, 6) is -1.00. The maximum atomic E-state index is 10.9. The number of aromatic nitrogens is 2. The van der Waals surface area contributed by atoms with Crippen molar-refractivity contribution in [2.45, 2.75) is 0 Å². The lowest BCUT2D eigenvalue weighted by Gasteiger charge is -2.04. The molecule has 0 saturated heterocycles. The molecule has 0 amide bonds. The second kappa shape index (κ2) is 5.10. The number of halogens is 3. The van der Waals surface area contributed by atoms with Crippen LogP contribution in [0.4, 0.5) is 0 Å². The van der Waals surface area contributed by atoms with Gasteiger partial charge in [0.2, 0.25) is 0 Å². The molecule has 18 heavy (non-hydrogen) atoms. The molecule has 2 aromatic rings. The summed E-state index contributed by atoms with van der Waals surface area (Å²) < 4.78 is 0. The standard InChI is InChI=1S/C11H5Cl3N2O2/c12-6-2-1-5(3-7(6)13)10-15-4-8(14)9(16-10)11(17)18/h1-4H,(H,17,18). The van der Waals surface area contributed by atoms with E-state index in [1.165, 1.54) is 6.20 Å². The number of carbonyl (C=O) groups is 1. The molecule has 0 fully saturated rings. The van der Waals surface area contributed by atoms with Gasteiger partial charge in [0.25, 0.3) is 0 Å². The summed E-state index contributed by atoms with van der Waals surface area (Å²) >= 11 is 17.3. The fourth-order valence-corrected chi connectivity index (χ4v) is 1.76. The van der Waals surface area contributed by atoms with E-state index in [1.807, 2.05) is 0 Å². The Kier molecular flexibility index (Phi) is 3.71. The van der Waals surface area contributed by atoms with Gasteiger partial charge in [-0.3, -0.25) is 0 Å². The minimum atomic E-state index is -1.22. The molecule has 0 atom stereocenters. The Morgan fingerprint density at radius 2 is 1.83 bits per heavy atom. The first-order chi connectivity index (χ1) is 8.49. The second-order valence-electron chi connectivity index (χ2n) is 3.32. The third-order valence-electron chi connectivity index (χ3n) is 2.12.